The van der Waals surface area contributed by atoms with Crippen molar-refractivity contribution < 1.29 is 14.6 Å². The molecule has 0 aliphatic carbocycles. The highest BCUT2D eigenvalue weighted by Crippen LogP contribution is 2.41. The van der Waals surface area contributed by atoms with Crippen molar-refractivity contribution in [3.8, 4) is 23.4 Å². The minimum atomic E-state index is -0.138. The van der Waals surface area contributed by atoms with Crippen molar-refractivity contribution in [2.24, 2.45) is 0 Å². The third-order valence-corrected chi connectivity index (χ3v) is 5.56. The molecule has 0 spiro atoms. The van der Waals surface area contributed by atoms with E-state index in [0.717, 1.165) is 17.1 Å². The Hall–Kier alpha value is -3.87. The molecular weight excluding hydrogens is 392 g/mol. The number of hydrogen-bond donors (Lipinski definition) is 1. The lowest BCUT2D eigenvalue weighted by atomic mass is 9.87. The third kappa shape index (κ3) is 3.48. The van der Waals surface area contributed by atoms with E-state index in [4.69, 9.17) is 9.47 Å². The first kappa shape index (κ1) is 19.1. The molecule has 2 aromatic heterocycles. The van der Waals surface area contributed by atoms with Crippen LogP contribution in [-0.4, -0.2) is 33.7 Å². The predicted octanol–water partition coefficient (Wildman–Crippen LogP) is 4.96. The SMILES string of the molecule is CN(c1ccc(Oc2nc(O)c3ccncc3n2)cc1)c1ccc2c(c1)OCC2(C)C. The van der Waals surface area contributed by atoms with Crippen LogP contribution in [0.3, 0.4) is 0 Å². The lowest BCUT2D eigenvalue weighted by Gasteiger charge is -2.21. The molecule has 156 valence electrons. The normalized spacial score (nSPS) is 14.2. The van der Waals surface area contributed by atoms with E-state index in [0.29, 0.717) is 23.3 Å². The van der Waals surface area contributed by atoms with Crippen molar-refractivity contribution in [1.82, 2.24) is 15.0 Å². The van der Waals surface area contributed by atoms with Gasteiger partial charge in [-0.1, -0.05) is 19.9 Å². The lowest BCUT2D eigenvalue weighted by molar-refractivity contribution is 0.291. The van der Waals surface area contributed by atoms with Gasteiger partial charge < -0.3 is 19.5 Å². The fraction of sp³-hybridized carbons (Fsp3) is 0.208. The predicted molar refractivity (Wildman–Crippen MR) is 119 cm³/mol. The molecule has 0 unspecified atom stereocenters. The van der Waals surface area contributed by atoms with Crippen LogP contribution in [0.2, 0.25) is 0 Å². The van der Waals surface area contributed by atoms with Gasteiger partial charge in [0.25, 0.3) is 0 Å². The number of benzene rings is 2. The van der Waals surface area contributed by atoms with E-state index in [1.165, 1.54) is 5.56 Å². The second kappa shape index (κ2) is 7.12. The second-order valence-electron chi connectivity index (χ2n) is 8.23. The summed E-state index contributed by atoms with van der Waals surface area (Å²) in [6, 6.07) is 15.6. The third-order valence-electron chi connectivity index (χ3n) is 5.56. The van der Waals surface area contributed by atoms with Gasteiger partial charge in [-0.05, 0) is 36.4 Å². The minimum Gasteiger partial charge on any atom is -0.493 e. The van der Waals surface area contributed by atoms with Gasteiger partial charge in [-0.25, -0.2) is 0 Å². The number of pyridine rings is 1. The average molecular weight is 414 g/mol. The van der Waals surface area contributed by atoms with E-state index in [1.807, 2.05) is 31.3 Å². The summed E-state index contributed by atoms with van der Waals surface area (Å²) in [5, 5.41) is 10.6. The first-order chi connectivity index (χ1) is 14.9. The molecule has 0 radical (unpaired) electrons. The first-order valence-electron chi connectivity index (χ1n) is 10.0. The summed E-state index contributed by atoms with van der Waals surface area (Å²) < 4.78 is 11.6. The van der Waals surface area contributed by atoms with E-state index in [2.05, 4.69) is 51.9 Å². The number of aromatic hydroxyl groups is 1. The smallest absolute Gasteiger partial charge is 0.325 e. The van der Waals surface area contributed by atoms with Crippen LogP contribution in [0, 0.1) is 0 Å². The Kier molecular flexibility index (Phi) is 4.39. The Labute approximate surface area is 179 Å². The molecule has 1 aliphatic rings. The number of fused-ring (bicyclic) bond motifs is 2. The Morgan fingerprint density at radius 1 is 1.03 bits per heavy atom. The van der Waals surface area contributed by atoms with Gasteiger partial charge in [-0.15, -0.1) is 0 Å². The monoisotopic (exact) mass is 414 g/mol. The Morgan fingerprint density at radius 3 is 2.61 bits per heavy atom. The molecule has 1 aliphatic heterocycles. The van der Waals surface area contributed by atoms with Crippen LogP contribution in [0.25, 0.3) is 10.9 Å². The van der Waals surface area contributed by atoms with Gasteiger partial charge in [-0.3, -0.25) is 4.98 Å². The minimum absolute atomic E-state index is 0.0424. The van der Waals surface area contributed by atoms with Crippen LogP contribution in [-0.2, 0) is 5.41 Å². The highest BCUT2D eigenvalue weighted by Gasteiger charge is 2.31. The van der Waals surface area contributed by atoms with Crippen LogP contribution in [0.5, 0.6) is 23.4 Å². The van der Waals surface area contributed by atoms with Gasteiger partial charge in [0.05, 0.1) is 23.7 Å². The van der Waals surface area contributed by atoms with E-state index < -0.39 is 0 Å². The zero-order valence-corrected chi connectivity index (χ0v) is 17.5. The molecule has 4 aromatic rings. The van der Waals surface area contributed by atoms with Crippen LogP contribution in [0.15, 0.2) is 60.9 Å². The van der Waals surface area contributed by atoms with Crippen molar-refractivity contribution in [3.05, 3.63) is 66.5 Å². The maximum absolute atomic E-state index is 10.1. The molecule has 0 atom stereocenters. The Balaban J connectivity index is 1.36. The van der Waals surface area contributed by atoms with Crippen LogP contribution < -0.4 is 14.4 Å². The van der Waals surface area contributed by atoms with Crippen LogP contribution in [0.4, 0.5) is 11.4 Å². The van der Waals surface area contributed by atoms with Crippen LogP contribution in [0.1, 0.15) is 19.4 Å². The Morgan fingerprint density at radius 2 is 1.81 bits per heavy atom. The van der Waals surface area contributed by atoms with Crippen molar-refractivity contribution in [2.45, 2.75) is 19.3 Å². The molecule has 3 heterocycles. The first-order valence-corrected chi connectivity index (χ1v) is 10.0. The lowest BCUT2D eigenvalue weighted by Crippen LogP contribution is -2.18. The van der Waals surface area contributed by atoms with Crippen molar-refractivity contribution in [2.75, 3.05) is 18.6 Å². The number of anilines is 2. The fourth-order valence-electron chi connectivity index (χ4n) is 3.72. The molecular formula is C24H22N4O3. The molecule has 1 N–H and O–H groups in total. The van der Waals surface area contributed by atoms with Gasteiger partial charge in [0, 0.05) is 41.7 Å². The standard InChI is InChI=1S/C24H22N4O3/c1-24(2)14-30-21-12-16(6-9-19(21)24)28(3)15-4-7-17(8-5-15)31-23-26-20-13-25-11-10-18(20)22(29)27-23/h4-13H,14H2,1-3H3,(H,26,27,29). The molecule has 0 amide bonds. The summed E-state index contributed by atoms with van der Waals surface area (Å²) in [5.41, 5.74) is 3.84. The quantitative estimate of drug-likeness (QED) is 0.505. The van der Waals surface area contributed by atoms with Gasteiger partial charge in [0.15, 0.2) is 0 Å². The van der Waals surface area contributed by atoms with Gasteiger partial charge in [0.1, 0.15) is 11.5 Å². The topological polar surface area (TPSA) is 80.6 Å². The summed E-state index contributed by atoms with van der Waals surface area (Å²) in [6.07, 6.45) is 3.14. The summed E-state index contributed by atoms with van der Waals surface area (Å²) in [4.78, 5) is 14.4. The molecule has 0 saturated heterocycles. The molecule has 7 nitrogen and oxygen atoms in total. The van der Waals surface area contributed by atoms with Crippen LogP contribution >= 0.6 is 0 Å². The second-order valence-corrected chi connectivity index (χ2v) is 8.23. The maximum atomic E-state index is 10.1. The molecule has 5 rings (SSSR count). The number of ether oxygens (including phenoxy) is 2. The summed E-state index contributed by atoms with van der Waals surface area (Å²) >= 11 is 0. The molecule has 0 fully saturated rings. The largest absolute Gasteiger partial charge is 0.493 e. The molecule has 2 aromatic carbocycles. The van der Waals surface area contributed by atoms with Gasteiger partial charge in [0.2, 0.25) is 5.88 Å². The number of hydrogen-bond acceptors (Lipinski definition) is 7. The highest BCUT2D eigenvalue weighted by atomic mass is 16.5. The van der Waals surface area contributed by atoms with Crippen molar-refractivity contribution >= 4 is 22.3 Å². The zero-order chi connectivity index (χ0) is 21.6. The average Bonchev–Trinajstić information content (AvgIpc) is 3.08. The van der Waals surface area contributed by atoms with E-state index in [9.17, 15) is 5.11 Å². The van der Waals surface area contributed by atoms with E-state index >= 15 is 0 Å². The molecule has 0 bridgehead atoms. The maximum Gasteiger partial charge on any atom is 0.325 e. The van der Waals surface area contributed by atoms with Crippen molar-refractivity contribution in [3.63, 3.8) is 0 Å². The van der Waals surface area contributed by atoms with E-state index in [-0.39, 0.29) is 17.3 Å². The number of nitrogens with zero attached hydrogens (tertiary/aromatic N) is 4. The number of aromatic nitrogens is 3. The summed E-state index contributed by atoms with van der Waals surface area (Å²) in [6.45, 7) is 5.08. The van der Waals surface area contributed by atoms with Crippen molar-refractivity contribution in [1.29, 1.82) is 0 Å². The molecule has 0 saturated carbocycles. The number of rotatable bonds is 4. The molecule has 7 heteroatoms. The Bertz CT molecular complexity index is 1270. The zero-order valence-electron chi connectivity index (χ0n) is 17.5. The summed E-state index contributed by atoms with van der Waals surface area (Å²) in [5.74, 6) is 1.37. The fourth-order valence-corrected chi connectivity index (χ4v) is 3.72. The van der Waals surface area contributed by atoms with Gasteiger partial charge in [-0.2, -0.15) is 9.97 Å². The van der Waals surface area contributed by atoms with Gasteiger partial charge >= 0.3 is 6.01 Å². The van der Waals surface area contributed by atoms with E-state index in [1.54, 1.807) is 18.5 Å². The molecule has 31 heavy (non-hydrogen) atoms. The highest BCUT2D eigenvalue weighted by molar-refractivity contribution is 5.82. The summed E-state index contributed by atoms with van der Waals surface area (Å²) in [7, 11) is 2.01.